The molecular formula is C12H13NO3. The van der Waals surface area contributed by atoms with E-state index in [0.717, 1.165) is 12.8 Å². The third-order valence-electron chi connectivity index (χ3n) is 2.55. The second-order valence-corrected chi connectivity index (χ2v) is 3.92. The van der Waals surface area contributed by atoms with Crippen LogP contribution in [0.1, 0.15) is 23.2 Å². The van der Waals surface area contributed by atoms with Gasteiger partial charge in [0.05, 0.1) is 0 Å². The van der Waals surface area contributed by atoms with Gasteiger partial charge >= 0.3 is 0 Å². The summed E-state index contributed by atoms with van der Waals surface area (Å²) in [6, 6.07) is 6.44. The zero-order valence-corrected chi connectivity index (χ0v) is 8.81. The van der Waals surface area contributed by atoms with Gasteiger partial charge in [-0.3, -0.25) is 9.59 Å². The van der Waals surface area contributed by atoms with Crippen molar-refractivity contribution in [1.82, 2.24) is 0 Å². The molecule has 4 heteroatoms. The van der Waals surface area contributed by atoms with Crippen molar-refractivity contribution in [1.29, 1.82) is 0 Å². The van der Waals surface area contributed by atoms with Crippen LogP contribution in [-0.4, -0.2) is 18.3 Å². The molecule has 0 atom stereocenters. The molecule has 1 amide bonds. The Morgan fingerprint density at radius 3 is 2.38 bits per heavy atom. The molecule has 0 unspecified atom stereocenters. The van der Waals surface area contributed by atoms with E-state index < -0.39 is 5.91 Å². The van der Waals surface area contributed by atoms with Gasteiger partial charge in [-0.05, 0) is 37.1 Å². The summed E-state index contributed by atoms with van der Waals surface area (Å²) in [7, 11) is 0. The predicted molar refractivity (Wildman–Crippen MR) is 58.2 cm³/mol. The highest BCUT2D eigenvalue weighted by molar-refractivity contribution is 5.92. The molecule has 84 valence electrons. The number of hydrogen-bond acceptors (Lipinski definition) is 3. The molecule has 1 aromatic rings. The first kappa shape index (κ1) is 10.7. The molecule has 0 spiro atoms. The summed E-state index contributed by atoms with van der Waals surface area (Å²) in [5, 5.41) is 0. The van der Waals surface area contributed by atoms with Crippen LogP contribution in [0.4, 0.5) is 0 Å². The van der Waals surface area contributed by atoms with Crippen LogP contribution in [0, 0.1) is 5.92 Å². The van der Waals surface area contributed by atoms with Crippen LogP contribution in [-0.2, 0) is 4.79 Å². The molecule has 1 aliphatic rings. The Morgan fingerprint density at radius 2 is 1.88 bits per heavy atom. The van der Waals surface area contributed by atoms with Gasteiger partial charge in [-0.25, -0.2) is 0 Å². The average molecular weight is 219 g/mol. The third kappa shape index (κ3) is 2.59. The van der Waals surface area contributed by atoms with Crippen molar-refractivity contribution in [2.24, 2.45) is 11.7 Å². The lowest BCUT2D eigenvalue weighted by Crippen LogP contribution is -2.13. The van der Waals surface area contributed by atoms with Crippen LogP contribution in [0.2, 0.25) is 0 Å². The number of benzene rings is 1. The molecular weight excluding hydrogens is 206 g/mol. The molecule has 0 bridgehead atoms. The summed E-state index contributed by atoms with van der Waals surface area (Å²) in [4.78, 5) is 22.2. The molecule has 1 aromatic carbocycles. The third-order valence-corrected chi connectivity index (χ3v) is 2.55. The van der Waals surface area contributed by atoms with E-state index in [1.54, 1.807) is 24.3 Å². The van der Waals surface area contributed by atoms with Crippen molar-refractivity contribution in [3.05, 3.63) is 29.8 Å². The predicted octanol–water partition coefficient (Wildman–Crippen LogP) is 1.14. The van der Waals surface area contributed by atoms with Crippen molar-refractivity contribution in [2.75, 3.05) is 6.61 Å². The number of primary amides is 1. The quantitative estimate of drug-likeness (QED) is 0.807. The van der Waals surface area contributed by atoms with Crippen LogP contribution in [0.5, 0.6) is 5.75 Å². The van der Waals surface area contributed by atoms with Gasteiger partial charge in [0, 0.05) is 11.5 Å². The Morgan fingerprint density at radius 1 is 1.25 bits per heavy atom. The van der Waals surface area contributed by atoms with E-state index >= 15 is 0 Å². The zero-order chi connectivity index (χ0) is 11.5. The standard InChI is InChI=1S/C12H13NO3/c13-12(15)9-3-5-10(6-4-9)16-7-11(14)8-1-2-8/h3-6,8H,1-2,7H2,(H2,13,15). The number of Topliss-reactive ketones (excluding diaryl/α,β-unsaturated/α-hetero) is 1. The first-order chi connectivity index (χ1) is 7.66. The molecule has 4 nitrogen and oxygen atoms in total. The minimum absolute atomic E-state index is 0.112. The largest absolute Gasteiger partial charge is 0.486 e. The Kier molecular flexibility index (Phi) is 2.90. The molecule has 16 heavy (non-hydrogen) atoms. The summed E-state index contributed by atoms with van der Waals surface area (Å²) in [6.07, 6.45) is 1.98. The van der Waals surface area contributed by atoms with Crippen LogP contribution >= 0.6 is 0 Å². The minimum atomic E-state index is -0.472. The van der Waals surface area contributed by atoms with Crippen LogP contribution < -0.4 is 10.5 Å². The monoisotopic (exact) mass is 219 g/mol. The Balaban J connectivity index is 1.89. The molecule has 0 saturated heterocycles. The van der Waals surface area contributed by atoms with E-state index in [9.17, 15) is 9.59 Å². The number of ketones is 1. The molecule has 0 radical (unpaired) electrons. The molecule has 0 aromatic heterocycles. The highest BCUT2D eigenvalue weighted by Gasteiger charge is 2.29. The van der Waals surface area contributed by atoms with E-state index in [2.05, 4.69) is 0 Å². The van der Waals surface area contributed by atoms with Gasteiger partial charge in [-0.2, -0.15) is 0 Å². The maximum Gasteiger partial charge on any atom is 0.248 e. The fraction of sp³-hybridized carbons (Fsp3) is 0.333. The number of nitrogens with two attached hydrogens (primary N) is 1. The zero-order valence-electron chi connectivity index (χ0n) is 8.81. The van der Waals surface area contributed by atoms with Gasteiger partial charge in [0.2, 0.25) is 5.91 Å². The maximum absolute atomic E-state index is 11.4. The van der Waals surface area contributed by atoms with Crippen LogP contribution in [0.3, 0.4) is 0 Å². The van der Waals surface area contributed by atoms with Crippen LogP contribution in [0.25, 0.3) is 0 Å². The first-order valence-corrected chi connectivity index (χ1v) is 5.22. The summed E-state index contributed by atoms with van der Waals surface area (Å²) in [5.41, 5.74) is 5.53. The van der Waals surface area contributed by atoms with Crippen molar-refractivity contribution < 1.29 is 14.3 Å². The summed E-state index contributed by atoms with van der Waals surface area (Å²) < 4.78 is 5.30. The topological polar surface area (TPSA) is 69.4 Å². The Labute approximate surface area is 93.4 Å². The summed E-state index contributed by atoms with van der Waals surface area (Å²) >= 11 is 0. The SMILES string of the molecule is NC(=O)c1ccc(OCC(=O)C2CC2)cc1. The number of amides is 1. The first-order valence-electron chi connectivity index (χ1n) is 5.22. The van der Waals surface area contributed by atoms with Crippen molar-refractivity contribution in [3.63, 3.8) is 0 Å². The fourth-order valence-electron chi connectivity index (χ4n) is 1.39. The number of rotatable bonds is 5. The van der Waals surface area contributed by atoms with E-state index in [4.69, 9.17) is 10.5 Å². The second kappa shape index (κ2) is 4.35. The lowest BCUT2D eigenvalue weighted by atomic mass is 10.2. The van der Waals surface area contributed by atoms with Crippen molar-refractivity contribution >= 4 is 11.7 Å². The highest BCUT2D eigenvalue weighted by Crippen LogP contribution is 2.29. The molecule has 2 rings (SSSR count). The normalized spacial score (nSPS) is 14.5. The smallest absolute Gasteiger partial charge is 0.248 e. The number of ether oxygens (including phenoxy) is 1. The second-order valence-electron chi connectivity index (χ2n) is 3.92. The van der Waals surface area contributed by atoms with Gasteiger partial charge in [0.1, 0.15) is 12.4 Å². The summed E-state index contributed by atoms with van der Waals surface area (Å²) in [6.45, 7) is 0.112. The molecule has 0 heterocycles. The highest BCUT2D eigenvalue weighted by atomic mass is 16.5. The van der Waals surface area contributed by atoms with Gasteiger partial charge in [-0.15, -0.1) is 0 Å². The van der Waals surface area contributed by atoms with Gasteiger partial charge in [0.15, 0.2) is 5.78 Å². The van der Waals surface area contributed by atoms with E-state index in [1.807, 2.05) is 0 Å². The van der Waals surface area contributed by atoms with E-state index in [-0.39, 0.29) is 18.3 Å². The Bertz CT molecular complexity index is 407. The van der Waals surface area contributed by atoms with Crippen LogP contribution in [0.15, 0.2) is 24.3 Å². The maximum atomic E-state index is 11.4. The van der Waals surface area contributed by atoms with Gasteiger partial charge in [-0.1, -0.05) is 0 Å². The number of carbonyl (C=O) groups excluding carboxylic acids is 2. The lowest BCUT2D eigenvalue weighted by Gasteiger charge is -2.05. The minimum Gasteiger partial charge on any atom is -0.486 e. The average Bonchev–Trinajstić information content (AvgIpc) is 3.10. The summed E-state index contributed by atoms with van der Waals surface area (Å²) in [5.74, 6) is 0.475. The van der Waals surface area contributed by atoms with Crippen molar-refractivity contribution in [3.8, 4) is 5.75 Å². The number of carbonyl (C=O) groups is 2. The molecule has 2 N–H and O–H groups in total. The lowest BCUT2D eigenvalue weighted by molar-refractivity contribution is -0.122. The van der Waals surface area contributed by atoms with Gasteiger partial charge in [0.25, 0.3) is 0 Å². The molecule has 1 saturated carbocycles. The van der Waals surface area contributed by atoms with E-state index in [0.29, 0.717) is 11.3 Å². The molecule has 1 aliphatic carbocycles. The van der Waals surface area contributed by atoms with Gasteiger partial charge < -0.3 is 10.5 Å². The fourth-order valence-corrected chi connectivity index (χ4v) is 1.39. The molecule has 1 fully saturated rings. The molecule has 0 aliphatic heterocycles. The number of hydrogen-bond donors (Lipinski definition) is 1. The van der Waals surface area contributed by atoms with E-state index in [1.165, 1.54) is 0 Å². The van der Waals surface area contributed by atoms with Crippen molar-refractivity contribution in [2.45, 2.75) is 12.8 Å². The Hall–Kier alpha value is -1.84.